The first kappa shape index (κ1) is 9.52. The van der Waals surface area contributed by atoms with Crippen LogP contribution in [0.15, 0.2) is 6.20 Å². The maximum Gasteiger partial charge on any atom is 0.0850 e. The molecule has 0 bridgehead atoms. The van der Waals surface area contributed by atoms with Crippen LogP contribution in [0.3, 0.4) is 0 Å². The molecule has 78 valence electrons. The molecular weight excluding hydrogens is 178 g/mol. The van der Waals surface area contributed by atoms with Crippen molar-refractivity contribution in [2.75, 3.05) is 18.5 Å². The number of H-pyrrole nitrogens is 1. The minimum atomic E-state index is 0.548. The lowest BCUT2D eigenvalue weighted by Gasteiger charge is -2.23. The van der Waals surface area contributed by atoms with Gasteiger partial charge in [0.1, 0.15) is 0 Å². The molecule has 2 heterocycles. The largest absolute Gasteiger partial charge is 0.381 e. The number of nitrogens with zero attached hydrogens (tertiary/aromatic N) is 1. The van der Waals surface area contributed by atoms with Gasteiger partial charge in [-0.1, -0.05) is 6.92 Å². The zero-order valence-corrected chi connectivity index (χ0v) is 8.55. The van der Waals surface area contributed by atoms with E-state index >= 15 is 0 Å². The number of aromatic amines is 1. The topological polar surface area (TPSA) is 49.9 Å². The van der Waals surface area contributed by atoms with Crippen molar-refractivity contribution >= 4 is 5.69 Å². The Morgan fingerprint density at radius 3 is 3.07 bits per heavy atom. The molecule has 1 aromatic rings. The number of aryl methyl sites for hydroxylation is 1. The van der Waals surface area contributed by atoms with Gasteiger partial charge in [0.25, 0.3) is 0 Å². The van der Waals surface area contributed by atoms with Crippen molar-refractivity contribution in [3.63, 3.8) is 0 Å². The molecular formula is C10H17N3O. The van der Waals surface area contributed by atoms with Crippen LogP contribution in [0, 0.1) is 0 Å². The van der Waals surface area contributed by atoms with Crippen LogP contribution in [0.2, 0.25) is 0 Å². The van der Waals surface area contributed by atoms with Crippen molar-refractivity contribution in [1.82, 2.24) is 10.2 Å². The van der Waals surface area contributed by atoms with E-state index in [1.54, 1.807) is 0 Å². The van der Waals surface area contributed by atoms with Crippen molar-refractivity contribution in [2.24, 2.45) is 0 Å². The maximum absolute atomic E-state index is 5.31. The molecule has 0 unspecified atom stereocenters. The highest BCUT2D eigenvalue weighted by atomic mass is 16.5. The monoisotopic (exact) mass is 195 g/mol. The van der Waals surface area contributed by atoms with Crippen molar-refractivity contribution in [3.05, 3.63) is 11.9 Å². The second-order valence-corrected chi connectivity index (χ2v) is 3.63. The van der Waals surface area contributed by atoms with Gasteiger partial charge >= 0.3 is 0 Å². The van der Waals surface area contributed by atoms with Gasteiger partial charge in [0.2, 0.25) is 0 Å². The molecule has 1 aliphatic rings. The molecule has 0 atom stereocenters. The normalized spacial score (nSPS) is 18.4. The molecule has 0 saturated carbocycles. The smallest absolute Gasteiger partial charge is 0.0850 e. The molecule has 0 amide bonds. The molecule has 2 N–H and O–H groups in total. The van der Waals surface area contributed by atoms with Crippen LogP contribution < -0.4 is 5.32 Å². The van der Waals surface area contributed by atoms with Gasteiger partial charge in [0, 0.05) is 25.5 Å². The van der Waals surface area contributed by atoms with Gasteiger partial charge in [-0.25, -0.2) is 0 Å². The maximum atomic E-state index is 5.31. The van der Waals surface area contributed by atoms with E-state index in [0.29, 0.717) is 6.04 Å². The minimum Gasteiger partial charge on any atom is -0.381 e. The summed E-state index contributed by atoms with van der Waals surface area (Å²) < 4.78 is 5.31. The molecule has 2 rings (SSSR count). The molecule has 4 nitrogen and oxygen atoms in total. The lowest BCUT2D eigenvalue weighted by atomic mass is 10.1. The third-order valence-corrected chi connectivity index (χ3v) is 2.64. The van der Waals surface area contributed by atoms with Gasteiger partial charge in [-0.3, -0.25) is 5.10 Å². The molecule has 0 spiro atoms. The first-order valence-electron chi connectivity index (χ1n) is 5.27. The molecule has 14 heavy (non-hydrogen) atoms. The number of ether oxygens (including phenoxy) is 1. The number of hydrogen-bond acceptors (Lipinski definition) is 3. The Hall–Kier alpha value is -1.03. The number of aromatic nitrogens is 2. The van der Waals surface area contributed by atoms with Crippen LogP contribution in [0.5, 0.6) is 0 Å². The summed E-state index contributed by atoms with van der Waals surface area (Å²) in [6.45, 7) is 3.86. The summed E-state index contributed by atoms with van der Waals surface area (Å²) in [5.41, 5.74) is 2.27. The Kier molecular flexibility index (Phi) is 3.03. The summed E-state index contributed by atoms with van der Waals surface area (Å²) in [5.74, 6) is 0. The highest BCUT2D eigenvalue weighted by Gasteiger charge is 2.15. The second-order valence-electron chi connectivity index (χ2n) is 3.63. The van der Waals surface area contributed by atoms with Crippen LogP contribution in [-0.2, 0) is 11.2 Å². The van der Waals surface area contributed by atoms with E-state index in [9.17, 15) is 0 Å². The predicted octanol–water partition coefficient (Wildman–Crippen LogP) is 1.56. The number of rotatable bonds is 3. The van der Waals surface area contributed by atoms with Crippen molar-refractivity contribution < 1.29 is 4.74 Å². The van der Waals surface area contributed by atoms with Crippen LogP contribution in [0.25, 0.3) is 0 Å². The van der Waals surface area contributed by atoms with E-state index in [4.69, 9.17) is 4.74 Å². The Bertz CT molecular complexity index is 279. The fraction of sp³-hybridized carbons (Fsp3) is 0.700. The number of anilines is 1. The van der Waals surface area contributed by atoms with E-state index in [2.05, 4.69) is 22.4 Å². The van der Waals surface area contributed by atoms with Crippen molar-refractivity contribution in [1.29, 1.82) is 0 Å². The molecule has 4 heteroatoms. The number of hydrogen-bond donors (Lipinski definition) is 2. The summed E-state index contributed by atoms with van der Waals surface area (Å²) >= 11 is 0. The van der Waals surface area contributed by atoms with E-state index in [0.717, 1.165) is 43.9 Å². The minimum absolute atomic E-state index is 0.548. The third-order valence-electron chi connectivity index (χ3n) is 2.64. The second kappa shape index (κ2) is 4.46. The van der Waals surface area contributed by atoms with E-state index in [1.165, 1.54) is 0 Å². The summed E-state index contributed by atoms with van der Waals surface area (Å²) in [4.78, 5) is 0. The zero-order valence-electron chi connectivity index (χ0n) is 8.55. The Morgan fingerprint density at radius 1 is 1.57 bits per heavy atom. The van der Waals surface area contributed by atoms with E-state index < -0.39 is 0 Å². The van der Waals surface area contributed by atoms with E-state index in [-0.39, 0.29) is 0 Å². The molecule has 0 radical (unpaired) electrons. The van der Waals surface area contributed by atoms with E-state index in [1.807, 2.05) is 6.20 Å². The molecule has 1 fully saturated rings. The lowest BCUT2D eigenvalue weighted by Crippen LogP contribution is -2.28. The molecule has 0 aromatic carbocycles. The van der Waals surface area contributed by atoms with Gasteiger partial charge in [0.05, 0.1) is 11.4 Å². The van der Waals surface area contributed by atoms with Crippen molar-refractivity contribution in [2.45, 2.75) is 32.2 Å². The average Bonchev–Trinajstić information content (AvgIpc) is 2.67. The Morgan fingerprint density at radius 2 is 2.36 bits per heavy atom. The SMILES string of the molecule is CCc1n[nH]cc1NC1CCOCC1. The Balaban J connectivity index is 1.95. The molecule has 0 aliphatic carbocycles. The summed E-state index contributed by atoms with van der Waals surface area (Å²) in [5, 5.41) is 10.6. The van der Waals surface area contributed by atoms with Crippen LogP contribution >= 0.6 is 0 Å². The van der Waals surface area contributed by atoms with Crippen molar-refractivity contribution in [3.8, 4) is 0 Å². The van der Waals surface area contributed by atoms with Gasteiger partial charge in [0.15, 0.2) is 0 Å². The molecule has 1 aromatic heterocycles. The standard InChI is InChI=1S/C10H17N3O/c1-2-9-10(7-11-13-9)12-8-3-5-14-6-4-8/h7-8,12H,2-6H2,1H3,(H,11,13). The quantitative estimate of drug-likeness (QED) is 0.769. The van der Waals surface area contributed by atoms with Crippen LogP contribution in [0.4, 0.5) is 5.69 Å². The summed E-state index contributed by atoms with van der Waals surface area (Å²) in [6.07, 6.45) is 5.09. The fourth-order valence-electron chi connectivity index (χ4n) is 1.77. The first-order chi connectivity index (χ1) is 6.90. The molecule has 1 saturated heterocycles. The van der Waals surface area contributed by atoms with Gasteiger partial charge in [-0.05, 0) is 19.3 Å². The van der Waals surface area contributed by atoms with Gasteiger partial charge in [-0.15, -0.1) is 0 Å². The molecule has 1 aliphatic heterocycles. The van der Waals surface area contributed by atoms with Gasteiger partial charge < -0.3 is 10.1 Å². The summed E-state index contributed by atoms with van der Waals surface area (Å²) in [6, 6.07) is 0.548. The number of nitrogens with one attached hydrogen (secondary N) is 2. The van der Waals surface area contributed by atoms with Crippen LogP contribution in [0.1, 0.15) is 25.5 Å². The van der Waals surface area contributed by atoms with Crippen LogP contribution in [-0.4, -0.2) is 29.5 Å². The highest BCUT2D eigenvalue weighted by Crippen LogP contribution is 2.17. The van der Waals surface area contributed by atoms with Gasteiger partial charge in [-0.2, -0.15) is 5.10 Å². The lowest BCUT2D eigenvalue weighted by molar-refractivity contribution is 0.0904. The third kappa shape index (κ3) is 2.07. The summed E-state index contributed by atoms with van der Waals surface area (Å²) in [7, 11) is 0. The predicted molar refractivity (Wildman–Crippen MR) is 55.4 cm³/mol. The average molecular weight is 195 g/mol. The fourth-order valence-corrected chi connectivity index (χ4v) is 1.77. The Labute approximate surface area is 84.0 Å². The first-order valence-corrected chi connectivity index (χ1v) is 5.27. The zero-order chi connectivity index (χ0) is 9.80. The highest BCUT2D eigenvalue weighted by molar-refractivity contribution is 5.46.